The lowest BCUT2D eigenvalue weighted by Gasteiger charge is -2.24. The molecule has 4 heteroatoms. The standard InChI is InChI=1S/C31H27NO3/c1-2-35-31(23-8-6-21(7-9-23)25-5-3-4-18-32-20-25)30-28(22-10-13-26(33)14-11-22)16-12-24-19-27(34)15-17-29(24)30/h3-20,31-34H,2H2,1H3. The van der Waals surface area contributed by atoms with Gasteiger partial charge in [0.25, 0.3) is 0 Å². The van der Waals surface area contributed by atoms with E-state index in [2.05, 4.69) is 41.7 Å². The van der Waals surface area contributed by atoms with Crippen LogP contribution in [0.2, 0.25) is 0 Å². The number of rotatable bonds is 6. The fourth-order valence-electron chi connectivity index (χ4n) is 4.52. The van der Waals surface area contributed by atoms with Crippen molar-refractivity contribution in [2.45, 2.75) is 13.0 Å². The molecule has 0 saturated carbocycles. The van der Waals surface area contributed by atoms with Crippen LogP contribution < -0.4 is 5.32 Å². The van der Waals surface area contributed by atoms with Crippen LogP contribution in [0.4, 0.5) is 0 Å². The minimum absolute atomic E-state index is 0.226. The molecule has 1 atom stereocenters. The molecular weight excluding hydrogens is 434 g/mol. The Balaban J connectivity index is 1.66. The number of nitrogens with one attached hydrogen (secondary N) is 1. The minimum atomic E-state index is -0.315. The monoisotopic (exact) mass is 461 g/mol. The van der Waals surface area contributed by atoms with Crippen molar-refractivity contribution in [3.63, 3.8) is 0 Å². The Hall–Kier alpha value is -4.28. The van der Waals surface area contributed by atoms with Crippen LogP contribution >= 0.6 is 0 Å². The Kier molecular flexibility index (Phi) is 6.38. The summed E-state index contributed by atoms with van der Waals surface area (Å²) in [6, 6.07) is 25.2. The molecule has 0 saturated heterocycles. The number of hydrogen-bond donors (Lipinski definition) is 3. The van der Waals surface area contributed by atoms with E-state index in [4.69, 9.17) is 4.74 Å². The van der Waals surface area contributed by atoms with Crippen LogP contribution in [-0.2, 0) is 4.74 Å². The highest BCUT2D eigenvalue weighted by atomic mass is 16.5. The van der Waals surface area contributed by atoms with Crippen LogP contribution in [0.25, 0.3) is 27.5 Å². The van der Waals surface area contributed by atoms with Crippen molar-refractivity contribution in [1.82, 2.24) is 5.32 Å². The zero-order valence-electron chi connectivity index (χ0n) is 19.5. The summed E-state index contributed by atoms with van der Waals surface area (Å²) in [5.74, 6) is 0.454. The highest BCUT2D eigenvalue weighted by molar-refractivity contribution is 5.93. The van der Waals surface area contributed by atoms with Gasteiger partial charge in [0.2, 0.25) is 0 Å². The predicted molar refractivity (Wildman–Crippen MR) is 142 cm³/mol. The lowest BCUT2D eigenvalue weighted by Crippen LogP contribution is -2.09. The van der Waals surface area contributed by atoms with Crippen LogP contribution in [0, 0.1) is 0 Å². The Morgan fingerprint density at radius 3 is 2.31 bits per heavy atom. The van der Waals surface area contributed by atoms with Crippen LogP contribution in [0.15, 0.2) is 109 Å². The normalized spacial score (nSPS) is 13.8. The van der Waals surface area contributed by atoms with E-state index in [1.54, 1.807) is 24.3 Å². The van der Waals surface area contributed by atoms with Gasteiger partial charge in [-0.3, -0.25) is 0 Å². The smallest absolute Gasteiger partial charge is 0.116 e. The minimum Gasteiger partial charge on any atom is -0.508 e. The number of aromatic hydroxyl groups is 2. The highest BCUT2D eigenvalue weighted by Gasteiger charge is 2.22. The summed E-state index contributed by atoms with van der Waals surface area (Å²) < 4.78 is 6.38. The van der Waals surface area contributed by atoms with E-state index in [-0.39, 0.29) is 17.6 Å². The average Bonchev–Trinajstić information content (AvgIpc) is 3.17. The van der Waals surface area contributed by atoms with Gasteiger partial charge in [-0.1, -0.05) is 66.7 Å². The Morgan fingerprint density at radius 1 is 0.800 bits per heavy atom. The van der Waals surface area contributed by atoms with Gasteiger partial charge in [-0.2, -0.15) is 0 Å². The van der Waals surface area contributed by atoms with Gasteiger partial charge in [-0.25, -0.2) is 0 Å². The quantitative estimate of drug-likeness (QED) is 0.288. The van der Waals surface area contributed by atoms with E-state index in [1.807, 2.05) is 55.7 Å². The molecule has 174 valence electrons. The first kappa shape index (κ1) is 22.5. The van der Waals surface area contributed by atoms with E-state index >= 15 is 0 Å². The maximum absolute atomic E-state index is 10.1. The first-order chi connectivity index (χ1) is 17.1. The van der Waals surface area contributed by atoms with Crippen molar-refractivity contribution in [2.24, 2.45) is 0 Å². The van der Waals surface area contributed by atoms with Gasteiger partial charge in [0.05, 0.1) is 0 Å². The largest absolute Gasteiger partial charge is 0.508 e. The van der Waals surface area contributed by atoms with Crippen LogP contribution in [0.3, 0.4) is 0 Å². The second-order valence-electron chi connectivity index (χ2n) is 8.42. The summed E-state index contributed by atoms with van der Waals surface area (Å²) >= 11 is 0. The summed E-state index contributed by atoms with van der Waals surface area (Å²) in [5.41, 5.74) is 6.29. The van der Waals surface area contributed by atoms with Crippen LogP contribution in [-0.4, -0.2) is 16.8 Å². The molecule has 4 nitrogen and oxygen atoms in total. The lowest BCUT2D eigenvalue weighted by atomic mass is 9.87. The Labute approximate surface area is 205 Å². The topological polar surface area (TPSA) is 61.7 Å². The third kappa shape index (κ3) is 4.70. The van der Waals surface area contributed by atoms with Crippen molar-refractivity contribution in [2.75, 3.05) is 6.61 Å². The van der Waals surface area contributed by atoms with Crippen molar-refractivity contribution >= 4 is 16.3 Å². The first-order valence-corrected chi connectivity index (χ1v) is 11.7. The summed E-state index contributed by atoms with van der Waals surface area (Å²) in [5, 5.41) is 25.0. The predicted octanol–water partition coefficient (Wildman–Crippen LogP) is 7.06. The molecule has 3 N–H and O–H groups in total. The van der Waals surface area contributed by atoms with Crippen molar-refractivity contribution in [3.05, 3.63) is 126 Å². The molecule has 35 heavy (non-hydrogen) atoms. The molecule has 0 aliphatic carbocycles. The van der Waals surface area contributed by atoms with E-state index in [0.29, 0.717) is 6.61 Å². The molecule has 0 aromatic heterocycles. The Morgan fingerprint density at radius 2 is 1.54 bits per heavy atom. The van der Waals surface area contributed by atoms with Crippen molar-refractivity contribution in [1.29, 1.82) is 0 Å². The number of benzene rings is 4. The molecule has 1 unspecified atom stereocenters. The SMILES string of the molecule is CCOC(c1ccc(C2=CNC=CC=C2)cc1)c1c(-c2ccc(O)cc2)ccc2cc(O)ccc12. The average molecular weight is 462 g/mol. The number of phenolic OH excluding ortho intramolecular Hbond substituents is 2. The van der Waals surface area contributed by atoms with Gasteiger partial charge < -0.3 is 20.3 Å². The van der Waals surface area contributed by atoms with Gasteiger partial charge in [-0.05, 0) is 75.9 Å². The number of phenols is 2. The number of fused-ring (bicyclic) bond motifs is 1. The fourth-order valence-corrected chi connectivity index (χ4v) is 4.52. The molecule has 1 heterocycles. The summed E-state index contributed by atoms with van der Waals surface area (Å²) in [6.07, 6.45) is 9.61. The molecule has 0 bridgehead atoms. The molecule has 4 aromatic rings. The molecule has 1 aliphatic heterocycles. The third-order valence-electron chi connectivity index (χ3n) is 6.18. The number of ether oxygens (including phenoxy) is 1. The van der Waals surface area contributed by atoms with Gasteiger partial charge in [0.15, 0.2) is 0 Å². The second-order valence-corrected chi connectivity index (χ2v) is 8.42. The van der Waals surface area contributed by atoms with Gasteiger partial charge in [-0.15, -0.1) is 0 Å². The lowest BCUT2D eigenvalue weighted by molar-refractivity contribution is 0.0927. The van der Waals surface area contributed by atoms with Gasteiger partial charge in [0.1, 0.15) is 17.6 Å². The summed E-state index contributed by atoms with van der Waals surface area (Å²) in [7, 11) is 0. The molecule has 0 fully saturated rings. The zero-order chi connectivity index (χ0) is 24.2. The fraction of sp³-hybridized carbons (Fsp3) is 0.0968. The number of allylic oxidation sites excluding steroid dienone is 4. The van der Waals surface area contributed by atoms with Crippen LogP contribution in [0.5, 0.6) is 11.5 Å². The Bertz CT molecular complexity index is 1430. The van der Waals surface area contributed by atoms with Gasteiger partial charge >= 0.3 is 0 Å². The van der Waals surface area contributed by atoms with Crippen LogP contribution in [0.1, 0.15) is 29.7 Å². The molecule has 0 amide bonds. The van der Waals surface area contributed by atoms with E-state index in [1.165, 1.54) is 0 Å². The second kappa shape index (κ2) is 9.92. The maximum Gasteiger partial charge on any atom is 0.116 e. The van der Waals surface area contributed by atoms with E-state index in [9.17, 15) is 10.2 Å². The van der Waals surface area contributed by atoms with E-state index < -0.39 is 0 Å². The molecule has 1 aliphatic rings. The first-order valence-electron chi connectivity index (χ1n) is 11.7. The van der Waals surface area contributed by atoms with Crippen molar-refractivity contribution in [3.8, 4) is 22.6 Å². The molecule has 5 rings (SSSR count). The maximum atomic E-state index is 10.1. The molecular formula is C31H27NO3. The third-order valence-corrected chi connectivity index (χ3v) is 6.18. The van der Waals surface area contributed by atoms with E-state index in [0.717, 1.165) is 44.2 Å². The summed E-state index contributed by atoms with van der Waals surface area (Å²) in [6.45, 7) is 2.54. The molecule has 0 spiro atoms. The molecule has 4 aromatic carbocycles. The number of hydrogen-bond acceptors (Lipinski definition) is 4. The molecule has 0 radical (unpaired) electrons. The van der Waals surface area contributed by atoms with Gasteiger partial charge in [0, 0.05) is 24.6 Å². The summed E-state index contributed by atoms with van der Waals surface area (Å²) in [4.78, 5) is 0. The van der Waals surface area contributed by atoms with Crippen molar-refractivity contribution < 1.29 is 14.9 Å². The zero-order valence-corrected chi connectivity index (χ0v) is 19.5. The highest BCUT2D eigenvalue weighted by Crippen LogP contribution is 2.40.